The van der Waals surface area contributed by atoms with Crippen molar-refractivity contribution in [2.45, 2.75) is 26.2 Å². The molecule has 0 aliphatic heterocycles. The van der Waals surface area contributed by atoms with E-state index in [0.29, 0.717) is 53.9 Å². The highest BCUT2D eigenvalue weighted by Gasteiger charge is 2.10. The van der Waals surface area contributed by atoms with Gasteiger partial charge in [-0.25, -0.2) is 4.79 Å². The molecule has 0 saturated heterocycles. The van der Waals surface area contributed by atoms with Crippen LogP contribution < -0.4 is 5.32 Å². The van der Waals surface area contributed by atoms with Gasteiger partial charge in [0.05, 0.1) is 12.2 Å². The van der Waals surface area contributed by atoms with E-state index in [2.05, 4.69) is 15.5 Å². The van der Waals surface area contributed by atoms with Crippen molar-refractivity contribution in [1.29, 1.82) is 0 Å². The van der Waals surface area contributed by atoms with Crippen molar-refractivity contribution in [2.75, 3.05) is 11.9 Å². The number of benzene rings is 2. The highest BCUT2D eigenvalue weighted by atomic mass is 35.5. The van der Waals surface area contributed by atoms with Crippen molar-refractivity contribution in [2.24, 2.45) is 0 Å². The summed E-state index contributed by atoms with van der Waals surface area (Å²) in [5.41, 5.74) is 1.87. The third kappa shape index (κ3) is 5.89. The van der Waals surface area contributed by atoms with Gasteiger partial charge in [0.15, 0.2) is 0 Å². The number of carbonyl (C=O) groups is 2. The third-order valence-corrected chi connectivity index (χ3v) is 4.30. The Labute approximate surface area is 173 Å². The Morgan fingerprint density at radius 1 is 1.10 bits per heavy atom. The van der Waals surface area contributed by atoms with Crippen molar-refractivity contribution in [3.05, 3.63) is 65.0 Å². The van der Waals surface area contributed by atoms with Gasteiger partial charge in [0, 0.05) is 29.1 Å². The SMILES string of the molecule is CCOC(=O)c1ccc(NC(=O)CCCc2nc(-c3ccc(Cl)cc3)no2)cc1. The summed E-state index contributed by atoms with van der Waals surface area (Å²) in [5.74, 6) is 0.443. The van der Waals surface area contributed by atoms with E-state index in [-0.39, 0.29) is 11.9 Å². The average Bonchev–Trinajstić information content (AvgIpc) is 3.18. The molecule has 0 saturated carbocycles. The largest absolute Gasteiger partial charge is 0.462 e. The summed E-state index contributed by atoms with van der Waals surface area (Å²) in [6.07, 6.45) is 1.36. The lowest BCUT2D eigenvalue weighted by Gasteiger charge is -2.06. The first-order chi connectivity index (χ1) is 14.0. The predicted molar refractivity (Wildman–Crippen MR) is 109 cm³/mol. The summed E-state index contributed by atoms with van der Waals surface area (Å²) in [5, 5.41) is 7.38. The van der Waals surface area contributed by atoms with Gasteiger partial charge in [-0.15, -0.1) is 0 Å². The van der Waals surface area contributed by atoms with Gasteiger partial charge in [-0.2, -0.15) is 4.98 Å². The molecule has 3 rings (SSSR count). The molecule has 0 atom stereocenters. The zero-order valence-electron chi connectivity index (χ0n) is 15.9. The second kappa shape index (κ2) is 9.84. The van der Waals surface area contributed by atoms with Gasteiger partial charge < -0.3 is 14.6 Å². The van der Waals surface area contributed by atoms with Gasteiger partial charge in [-0.3, -0.25) is 4.79 Å². The van der Waals surface area contributed by atoms with Gasteiger partial charge in [0.2, 0.25) is 17.6 Å². The minimum absolute atomic E-state index is 0.133. The minimum atomic E-state index is -0.386. The maximum atomic E-state index is 12.1. The minimum Gasteiger partial charge on any atom is -0.462 e. The lowest BCUT2D eigenvalue weighted by Crippen LogP contribution is -2.12. The molecule has 7 nitrogen and oxygen atoms in total. The molecule has 150 valence electrons. The molecular formula is C21H20ClN3O4. The standard InChI is InChI=1S/C21H20ClN3O4/c1-2-28-21(27)15-8-12-17(13-9-15)23-18(26)4-3-5-19-24-20(25-29-19)14-6-10-16(22)11-7-14/h6-13H,2-5H2,1H3,(H,23,26). The van der Waals surface area contributed by atoms with Crippen molar-refractivity contribution in [3.8, 4) is 11.4 Å². The second-order valence-electron chi connectivity index (χ2n) is 6.22. The van der Waals surface area contributed by atoms with E-state index in [4.69, 9.17) is 20.9 Å². The van der Waals surface area contributed by atoms with E-state index < -0.39 is 0 Å². The van der Waals surface area contributed by atoms with Crippen LogP contribution in [-0.4, -0.2) is 28.6 Å². The molecule has 0 aliphatic carbocycles. The predicted octanol–water partition coefficient (Wildman–Crippen LogP) is 4.53. The van der Waals surface area contributed by atoms with Crippen molar-refractivity contribution < 1.29 is 18.8 Å². The molecule has 8 heteroatoms. The fourth-order valence-electron chi connectivity index (χ4n) is 2.60. The van der Waals surface area contributed by atoms with Crippen LogP contribution in [0.4, 0.5) is 5.69 Å². The summed E-state index contributed by atoms with van der Waals surface area (Å²) in [6, 6.07) is 13.7. The Morgan fingerprint density at radius 3 is 2.52 bits per heavy atom. The number of carbonyl (C=O) groups excluding carboxylic acids is 2. The van der Waals surface area contributed by atoms with Crippen LogP contribution >= 0.6 is 11.6 Å². The number of aryl methyl sites for hydroxylation is 1. The number of aromatic nitrogens is 2. The maximum absolute atomic E-state index is 12.1. The Morgan fingerprint density at radius 2 is 1.83 bits per heavy atom. The number of amides is 1. The number of hydrogen-bond donors (Lipinski definition) is 1. The van der Waals surface area contributed by atoms with E-state index in [1.165, 1.54) is 0 Å². The van der Waals surface area contributed by atoms with Gasteiger partial charge >= 0.3 is 5.97 Å². The Balaban J connectivity index is 1.45. The van der Waals surface area contributed by atoms with Gasteiger partial charge in [0.25, 0.3) is 0 Å². The molecule has 1 heterocycles. The topological polar surface area (TPSA) is 94.3 Å². The van der Waals surface area contributed by atoms with E-state index in [1.54, 1.807) is 43.3 Å². The molecule has 29 heavy (non-hydrogen) atoms. The number of halogens is 1. The molecule has 2 aromatic carbocycles. The maximum Gasteiger partial charge on any atom is 0.338 e. The number of esters is 1. The number of nitrogens with one attached hydrogen (secondary N) is 1. The van der Waals surface area contributed by atoms with Crippen molar-refractivity contribution in [3.63, 3.8) is 0 Å². The van der Waals surface area contributed by atoms with E-state index in [0.717, 1.165) is 5.56 Å². The highest BCUT2D eigenvalue weighted by molar-refractivity contribution is 6.30. The lowest BCUT2D eigenvalue weighted by atomic mass is 10.2. The van der Waals surface area contributed by atoms with Crippen LogP contribution in [-0.2, 0) is 16.0 Å². The second-order valence-corrected chi connectivity index (χ2v) is 6.65. The number of anilines is 1. The molecular weight excluding hydrogens is 394 g/mol. The van der Waals surface area contributed by atoms with Crippen LogP contribution in [0.2, 0.25) is 5.02 Å². The summed E-state index contributed by atoms with van der Waals surface area (Å²) >= 11 is 5.87. The number of nitrogens with zero attached hydrogens (tertiary/aromatic N) is 2. The number of hydrogen-bond acceptors (Lipinski definition) is 6. The molecule has 0 bridgehead atoms. The number of ether oxygens (including phenoxy) is 1. The fraction of sp³-hybridized carbons (Fsp3) is 0.238. The zero-order valence-corrected chi connectivity index (χ0v) is 16.6. The smallest absolute Gasteiger partial charge is 0.338 e. The van der Waals surface area contributed by atoms with Crippen LogP contribution in [0.3, 0.4) is 0 Å². The normalized spacial score (nSPS) is 10.6. The van der Waals surface area contributed by atoms with Crippen LogP contribution in [0.25, 0.3) is 11.4 Å². The molecule has 0 unspecified atom stereocenters. The molecule has 1 N–H and O–H groups in total. The first-order valence-electron chi connectivity index (χ1n) is 9.20. The molecule has 1 amide bonds. The van der Waals surface area contributed by atoms with Crippen LogP contribution in [0.5, 0.6) is 0 Å². The quantitative estimate of drug-likeness (QED) is 0.545. The van der Waals surface area contributed by atoms with Crippen LogP contribution in [0, 0.1) is 0 Å². The number of rotatable bonds is 8. The van der Waals surface area contributed by atoms with E-state index in [1.807, 2.05) is 12.1 Å². The van der Waals surface area contributed by atoms with Gasteiger partial charge in [-0.05, 0) is 61.9 Å². The summed E-state index contributed by atoms with van der Waals surface area (Å²) in [7, 11) is 0. The van der Waals surface area contributed by atoms with Crippen molar-refractivity contribution in [1.82, 2.24) is 10.1 Å². The van der Waals surface area contributed by atoms with Crippen molar-refractivity contribution >= 4 is 29.2 Å². The monoisotopic (exact) mass is 413 g/mol. The molecule has 0 radical (unpaired) electrons. The summed E-state index contributed by atoms with van der Waals surface area (Å²) in [6.45, 7) is 2.07. The molecule has 1 aromatic heterocycles. The fourth-order valence-corrected chi connectivity index (χ4v) is 2.73. The lowest BCUT2D eigenvalue weighted by molar-refractivity contribution is -0.116. The first kappa shape index (κ1) is 20.5. The Hall–Kier alpha value is -3.19. The summed E-state index contributed by atoms with van der Waals surface area (Å²) in [4.78, 5) is 28.1. The zero-order chi connectivity index (χ0) is 20.6. The molecule has 0 fully saturated rings. The molecule has 3 aromatic rings. The van der Waals surface area contributed by atoms with Gasteiger partial charge in [0.1, 0.15) is 0 Å². The van der Waals surface area contributed by atoms with Crippen LogP contribution in [0.1, 0.15) is 36.0 Å². The van der Waals surface area contributed by atoms with Gasteiger partial charge in [-0.1, -0.05) is 16.8 Å². The third-order valence-electron chi connectivity index (χ3n) is 4.04. The first-order valence-corrected chi connectivity index (χ1v) is 9.58. The summed E-state index contributed by atoms with van der Waals surface area (Å²) < 4.78 is 10.2. The van der Waals surface area contributed by atoms with Crippen LogP contribution in [0.15, 0.2) is 53.1 Å². The highest BCUT2D eigenvalue weighted by Crippen LogP contribution is 2.19. The molecule has 0 aliphatic rings. The van der Waals surface area contributed by atoms with E-state index >= 15 is 0 Å². The average molecular weight is 414 g/mol. The van der Waals surface area contributed by atoms with E-state index in [9.17, 15) is 9.59 Å². The Kier molecular flexibility index (Phi) is 6.97. The Bertz CT molecular complexity index is 968. The molecule has 0 spiro atoms.